The molecule has 0 radical (unpaired) electrons. The Labute approximate surface area is 81.5 Å². The van der Waals surface area contributed by atoms with Gasteiger partial charge in [0.2, 0.25) is 0 Å². The summed E-state index contributed by atoms with van der Waals surface area (Å²) in [6.45, 7) is 7.15. The van der Waals surface area contributed by atoms with Crippen LogP contribution in [0, 0.1) is 16.7 Å². The van der Waals surface area contributed by atoms with Crippen molar-refractivity contribution in [3.63, 3.8) is 0 Å². The highest BCUT2D eigenvalue weighted by molar-refractivity contribution is 5.01. The van der Waals surface area contributed by atoms with Crippen LogP contribution < -0.4 is 0 Å². The maximum absolute atomic E-state index is 9.76. The molecule has 2 saturated carbocycles. The van der Waals surface area contributed by atoms with Crippen molar-refractivity contribution >= 4 is 0 Å². The van der Waals surface area contributed by atoms with Crippen LogP contribution in [0.5, 0.6) is 0 Å². The molecule has 0 heterocycles. The lowest BCUT2D eigenvalue weighted by molar-refractivity contribution is 0.0286. The zero-order chi connectivity index (χ0) is 9.69. The molecular formula is C12H22O. The van der Waals surface area contributed by atoms with Crippen molar-refractivity contribution in [2.45, 2.75) is 59.0 Å². The summed E-state index contributed by atoms with van der Waals surface area (Å²) >= 11 is 0. The zero-order valence-electron chi connectivity index (χ0n) is 9.14. The van der Waals surface area contributed by atoms with Gasteiger partial charge in [-0.3, -0.25) is 0 Å². The topological polar surface area (TPSA) is 20.2 Å². The molecule has 2 fully saturated rings. The summed E-state index contributed by atoms with van der Waals surface area (Å²) in [5.74, 6) is 0.753. The number of fused-ring (bicyclic) bond motifs is 1. The Morgan fingerprint density at radius 3 is 2.46 bits per heavy atom. The van der Waals surface area contributed by atoms with Crippen LogP contribution in [-0.4, -0.2) is 11.2 Å². The summed E-state index contributed by atoms with van der Waals surface area (Å²) in [6.07, 6.45) is 6.10. The third-order valence-corrected chi connectivity index (χ3v) is 4.56. The molecule has 2 aliphatic carbocycles. The average Bonchev–Trinajstić information content (AvgIpc) is 2.25. The first-order chi connectivity index (χ1) is 5.94. The molecule has 1 N–H and O–H groups in total. The molecule has 0 amide bonds. The lowest BCUT2D eigenvalue weighted by atomic mass is 9.58. The predicted molar refractivity (Wildman–Crippen MR) is 54.5 cm³/mol. The first-order valence-electron chi connectivity index (χ1n) is 5.62. The minimum Gasteiger partial charge on any atom is -0.393 e. The van der Waals surface area contributed by atoms with Crippen LogP contribution in [0.1, 0.15) is 52.9 Å². The van der Waals surface area contributed by atoms with Crippen LogP contribution >= 0.6 is 0 Å². The molecule has 2 aliphatic rings. The maximum Gasteiger partial charge on any atom is 0.0548 e. The van der Waals surface area contributed by atoms with Gasteiger partial charge in [0.05, 0.1) is 6.10 Å². The van der Waals surface area contributed by atoms with E-state index in [4.69, 9.17) is 0 Å². The molecule has 0 bridgehead atoms. The average molecular weight is 182 g/mol. The Morgan fingerprint density at radius 2 is 1.85 bits per heavy atom. The van der Waals surface area contributed by atoms with E-state index in [1.54, 1.807) is 0 Å². The molecule has 0 aromatic heterocycles. The van der Waals surface area contributed by atoms with Gasteiger partial charge in [0.1, 0.15) is 0 Å². The number of aliphatic hydroxyl groups is 1. The first-order valence-corrected chi connectivity index (χ1v) is 5.62. The van der Waals surface area contributed by atoms with Gasteiger partial charge in [0, 0.05) is 0 Å². The Kier molecular flexibility index (Phi) is 1.99. The van der Waals surface area contributed by atoms with Gasteiger partial charge in [-0.15, -0.1) is 0 Å². The highest BCUT2D eigenvalue weighted by Gasteiger charge is 2.51. The van der Waals surface area contributed by atoms with E-state index in [1.807, 2.05) is 0 Å². The van der Waals surface area contributed by atoms with Crippen molar-refractivity contribution < 1.29 is 5.11 Å². The van der Waals surface area contributed by atoms with Crippen LogP contribution in [-0.2, 0) is 0 Å². The van der Waals surface area contributed by atoms with Gasteiger partial charge in [0.15, 0.2) is 0 Å². The lowest BCUT2D eigenvalue weighted by Crippen LogP contribution is -2.38. The molecule has 3 atom stereocenters. The summed E-state index contributed by atoms with van der Waals surface area (Å²) < 4.78 is 0. The molecule has 0 saturated heterocycles. The Morgan fingerprint density at radius 1 is 1.15 bits per heavy atom. The Bertz CT molecular complexity index is 209. The van der Waals surface area contributed by atoms with Crippen molar-refractivity contribution in [1.82, 2.24) is 0 Å². The van der Waals surface area contributed by atoms with Gasteiger partial charge in [-0.05, 0) is 42.4 Å². The van der Waals surface area contributed by atoms with Gasteiger partial charge >= 0.3 is 0 Å². The fourth-order valence-electron chi connectivity index (χ4n) is 3.98. The summed E-state index contributed by atoms with van der Waals surface area (Å²) in [5.41, 5.74) is 0.908. The fraction of sp³-hybridized carbons (Fsp3) is 1.00. The third kappa shape index (κ3) is 1.41. The van der Waals surface area contributed by atoms with Crippen molar-refractivity contribution in [3.05, 3.63) is 0 Å². The molecule has 0 aromatic rings. The van der Waals surface area contributed by atoms with E-state index in [9.17, 15) is 5.11 Å². The first kappa shape index (κ1) is 9.51. The fourth-order valence-corrected chi connectivity index (χ4v) is 3.98. The van der Waals surface area contributed by atoms with E-state index in [0.29, 0.717) is 10.8 Å². The summed E-state index contributed by atoms with van der Waals surface area (Å²) in [7, 11) is 0. The minimum atomic E-state index is -0.0209. The van der Waals surface area contributed by atoms with Crippen molar-refractivity contribution in [3.8, 4) is 0 Å². The van der Waals surface area contributed by atoms with Gasteiger partial charge in [0.25, 0.3) is 0 Å². The van der Waals surface area contributed by atoms with Gasteiger partial charge in [-0.2, -0.15) is 0 Å². The second-order valence-electron chi connectivity index (χ2n) is 6.14. The molecular weight excluding hydrogens is 160 g/mol. The Balaban J connectivity index is 2.25. The van der Waals surface area contributed by atoms with Crippen molar-refractivity contribution in [2.75, 3.05) is 0 Å². The molecule has 2 rings (SSSR count). The minimum absolute atomic E-state index is 0.0209. The second kappa shape index (κ2) is 2.73. The highest BCUT2D eigenvalue weighted by Crippen LogP contribution is 2.59. The van der Waals surface area contributed by atoms with E-state index in [-0.39, 0.29) is 6.10 Å². The summed E-state index contributed by atoms with van der Waals surface area (Å²) in [5, 5.41) is 9.76. The van der Waals surface area contributed by atoms with Crippen LogP contribution in [0.15, 0.2) is 0 Å². The molecule has 0 spiro atoms. The summed E-state index contributed by atoms with van der Waals surface area (Å²) in [6, 6.07) is 0. The van der Waals surface area contributed by atoms with Gasteiger partial charge in [-0.1, -0.05) is 27.2 Å². The zero-order valence-corrected chi connectivity index (χ0v) is 9.14. The molecule has 1 nitrogen and oxygen atoms in total. The van der Waals surface area contributed by atoms with E-state index in [0.717, 1.165) is 18.8 Å². The van der Waals surface area contributed by atoms with E-state index < -0.39 is 0 Å². The molecule has 1 heteroatoms. The van der Waals surface area contributed by atoms with Crippen LogP contribution in [0.3, 0.4) is 0 Å². The standard InChI is InChI=1S/C12H22O/c1-11(2)5-4-6-12(3)8-9(13)7-10(11)12/h9-10,13H,4-8H2,1-3H3. The normalized spacial score (nSPS) is 48.9. The number of aliphatic hydroxyl groups excluding tert-OH is 1. The van der Waals surface area contributed by atoms with Gasteiger partial charge < -0.3 is 5.11 Å². The molecule has 13 heavy (non-hydrogen) atoms. The third-order valence-electron chi connectivity index (χ3n) is 4.56. The summed E-state index contributed by atoms with van der Waals surface area (Å²) in [4.78, 5) is 0. The number of hydrogen-bond acceptors (Lipinski definition) is 1. The highest BCUT2D eigenvalue weighted by atomic mass is 16.3. The van der Waals surface area contributed by atoms with Crippen molar-refractivity contribution in [2.24, 2.45) is 16.7 Å². The number of hydrogen-bond donors (Lipinski definition) is 1. The van der Waals surface area contributed by atoms with E-state index >= 15 is 0 Å². The molecule has 0 aromatic carbocycles. The SMILES string of the molecule is CC1(C)CCCC2(C)CC(O)CC12. The quantitative estimate of drug-likeness (QED) is 0.610. The van der Waals surface area contributed by atoms with Crippen LogP contribution in [0.25, 0.3) is 0 Å². The smallest absolute Gasteiger partial charge is 0.0548 e. The van der Waals surface area contributed by atoms with Crippen LogP contribution in [0.2, 0.25) is 0 Å². The Hall–Kier alpha value is -0.0400. The maximum atomic E-state index is 9.76. The molecule has 0 aliphatic heterocycles. The molecule has 76 valence electrons. The largest absolute Gasteiger partial charge is 0.393 e. The molecule has 3 unspecified atom stereocenters. The number of rotatable bonds is 0. The van der Waals surface area contributed by atoms with Gasteiger partial charge in [-0.25, -0.2) is 0 Å². The lowest BCUT2D eigenvalue weighted by Gasteiger charge is -2.47. The monoisotopic (exact) mass is 182 g/mol. The van der Waals surface area contributed by atoms with E-state index in [1.165, 1.54) is 19.3 Å². The van der Waals surface area contributed by atoms with E-state index in [2.05, 4.69) is 20.8 Å². The van der Waals surface area contributed by atoms with Crippen molar-refractivity contribution in [1.29, 1.82) is 0 Å². The predicted octanol–water partition coefficient (Wildman–Crippen LogP) is 2.97. The van der Waals surface area contributed by atoms with Crippen LogP contribution in [0.4, 0.5) is 0 Å². The second-order valence-corrected chi connectivity index (χ2v) is 6.14.